The molecule has 1 saturated heterocycles. The van der Waals surface area contributed by atoms with Crippen LogP contribution in [0.5, 0.6) is 0 Å². The molecule has 1 aliphatic carbocycles. The van der Waals surface area contributed by atoms with Gasteiger partial charge in [-0.1, -0.05) is 6.07 Å². The summed E-state index contributed by atoms with van der Waals surface area (Å²) in [6.07, 6.45) is 6.03. The number of anilines is 1. The van der Waals surface area contributed by atoms with E-state index in [9.17, 15) is 4.79 Å². The molecule has 2 N–H and O–H groups in total. The van der Waals surface area contributed by atoms with Crippen molar-refractivity contribution < 1.29 is 14.7 Å². The van der Waals surface area contributed by atoms with Gasteiger partial charge in [-0.2, -0.15) is 0 Å². The first-order chi connectivity index (χ1) is 15.2. The van der Waals surface area contributed by atoms with Gasteiger partial charge in [0.2, 0.25) is 0 Å². The van der Waals surface area contributed by atoms with Gasteiger partial charge in [-0.15, -0.1) is 0 Å². The third-order valence-electron chi connectivity index (χ3n) is 5.82. The Morgan fingerprint density at radius 2 is 2.00 bits per heavy atom. The number of fused-ring (bicyclic) bond motifs is 1. The summed E-state index contributed by atoms with van der Waals surface area (Å²) < 4.78 is 0. The quantitative estimate of drug-likeness (QED) is 0.710. The van der Waals surface area contributed by atoms with Gasteiger partial charge in [-0.05, 0) is 37.8 Å². The summed E-state index contributed by atoms with van der Waals surface area (Å²) in [4.78, 5) is 39.7. The second-order valence-electron chi connectivity index (χ2n) is 8.06. The van der Waals surface area contributed by atoms with Crippen molar-refractivity contribution >= 4 is 18.2 Å². The number of hydrogen-bond acceptors (Lipinski definition) is 7. The zero-order valence-corrected chi connectivity index (χ0v) is 17.5. The van der Waals surface area contributed by atoms with Crippen molar-refractivity contribution in [3.05, 3.63) is 47.2 Å². The van der Waals surface area contributed by atoms with Gasteiger partial charge in [0.05, 0.1) is 5.69 Å². The maximum Gasteiger partial charge on any atom is 0.290 e. The van der Waals surface area contributed by atoms with Crippen molar-refractivity contribution in [1.82, 2.24) is 25.2 Å². The molecule has 2 aliphatic heterocycles. The van der Waals surface area contributed by atoms with Gasteiger partial charge in [0.15, 0.2) is 0 Å². The number of amides is 1. The molecular formula is C22H28N6O3. The van der Waals surface area contributed by atoms with Crippen molar-refractivity contribution in [1.29, 1.82) is 0 Å². The molecule has 0 unspecified atom stereocenters. The average molecular weight is 425 g/mol. The van der Waals surface area contributed by atoms with Crippen LogP contribution in [-0.4, -0.2) is 70.1 Å². The summed E-state index contributed by atoms with van der Waals surface area (Å²) in [6.45, 7) is 5.21. The molecule has 0 atom stereocenters. The number of pyridine rings is 1. The van der Waals surface area contributed by atoms with Gasteiger partial charge >= 0.3 is 0 Å². The molecule has 164 valence electrons. The molecule has 2 aromatic heterocycles. The van der Waals surface area contributed by atoms with E-state index in [1.165, 1.54) is 0 Å². The van der Waals surface area contributed by atoms with E-state index in [0.717, 1.165) is 81.3 Å². The number of aromatic nitrogens is 3. The summed E-state index contributed by atoms with van der Waals surface area (Å²) in [5.74, 6) is 2.26. The SMILES string of the molecule is O=C1NCCc2c1nc(C1CC1)nc2N1CCCN(Cc2ccccn2)CC1.O=CO. The molecule has 31 heavy (non-hydrogen) atoms. The zero-order valence-electron chi connectivity index (χ0n) is 17.5. The first-order valence-electron chi connectivity index (χ1n) is 10.8. The molecule has 4 heterocycles. The normalized spacial score (nSPS) is 18.8. The second kappa shape index (κ2) is 9.82. The number of nitrogens with one attached hydrogen (secondary N) is 1. The van der Waals surface area contributed by atoms with Crippen molar-refractivity contribution in [2.45, 2.75) is 38.1 Å². The third kappa shape index (κ3) is 5.16. The van der Waals surface area contributed by atoms with Gasteiger partial charge in [0.25, 0.3) is 12.4 Å². The van der Waals surface area contributed by atoms with Crippen LogP contribution in [0.15, 0.2) is 24.4 Å². The van der Waals surface area contributed by atoms with Crippen LogP contribution < -0.4 is 10.2 Å². The highest BCUT2D eigenvalue weighted by Gasteiger charge is 2.32. The van der Waals surface area contributed by atoms with E-state index >= 15 is 0 Å². The van der Waals surface area contributed by atoms with Crippen LogP contribution in [-0.2, 0) is 17.8 Å². The van der Waals surface area contributed by atoms with Crippen LogP contribution in [0.4, 0.5) is 5.82 Å². The van der Waals surface area contributed by atoms with Crippen LogP contribution in [0.2, 0.25) is 0 Å². The van der Waals surface area contributed by atoms with E-state index in [2.05, 4.69) is 31.2 Å². The largest absolute Gasteiger partial charge is 0.483 e. The smallest absolute Gasteiger partial charge is 0.290 e. The number of rotatable bonds is 4. The summed E-state index contributed by atoms with van der Waals surface area (Å²) in [5, 5.41) is 9.83. The monoisotopic (exact) mass is 424 g/mol. The van der Waals surface area contributed by atoms with E-state index in [4.69, 9.17) is 14.9 Å². The van der Waals surface area contributed by atoms with Gasteiger partial charge in [0.1, 0.15) is 17.3 Å². The fourth-order valence-electron chi connectivity index (χ4n) is 4.14. The predicted octanol–water partition coefficient (Wildman–Crippen LogP) is 1.45. The van der Waals surface area contributed by atoms with Crippen LogP contribution in [0, 0.1) is 0 Å². The number of carbonyl (C=O) groups is 2. The Kier molecular flexibility index (Phi) is 6.71. The highest BCUT2D eigenvalue weighted by atomic mass is 16.3. The lowest BCUT2D eigenvalue weighted by atomic mass is 10.1. The second-order valence-corrected chi connectivity index (χ2v) is 8.06. The van der Waals surface area contributed by atoms with Crippen molar-refractivity contribution in [2.24, 2.45) is 0 Å². The standard InChI is InChI=1S/C21H26N6O.CH2O2/c28-21-18-17(7-9-23-21)20(25-19(24-18)15-5-6-15)27-11-3-10-26(12-13-27)14-16-4-1-2-8-22-16;2-1-3/h1-2,4,8,15H,3,5-7,9-14H2,(H,23,28);1H,(H,2,3). The Balaban J connectivity index is 0.000000730. The highest BCUT2D eigenvalue weighted by Crippen LogP contribution is 2.39. The lowest BCUT2D eigenvalue weighted by Gasteiger charge is -2.28. The van der Waals surface area contributed by atoms with E-state index < -0.39 is 0 Å². The van der Waals surface area contributed by atoms with E-state index in [0.29, 0.717) is 18.2 Å². The average Bonchev–Trinajstić information content (AvgIpc) is 3.63. The molecule has 2 fully saturated rings. The number of hydrogen-bond donors (Lipinski definition) is 2. The predicted molar refractivity (Wildman–Crippen MR) is 115 cm³/mol. The molecule has 1 saturated carbocycles. The summed E-state index contributed by atoms with van der Waals surface area (Å²) in [6, 6.07) is 6.09. The lowest BCUT2D eigenvalue weighted by Crippen LogP contribution is -2.37. The Bertz CT molecular complexity index is 919. The maximum absolute atomic E-state index is 12.4. The molecule has 0 bridgehead atoms. The maximum atomic E-state index is 12.4. The molecule has 0 spiro atoms. The van der Waals surface area contributed by atoms with Crippen molar-refractivity contribution in [3.8, 4) is 0 Å². The van der Waals surface area contributed by atoms with E-state index in [-0.39, 0.29) is 12.4 Å². The zero-order chi connectivity index (χ0) is 21.6. The summed E-state index contributed by atoms with van der Waals surface area (Å²) >= 11 is 0. The van der Waals surface area contributed by atoms with E-state index in [1.807, 2.05) is 18.3 Å². The van der Waals surface area contributed by atoms with Gasteiger partial charge in [-0.3, -0.25) is 19.5 Å². The topological polar surface area (TPSA) is 112 Å². The van der Waals surface area contributed by atoms with Gasteiger partial charge < -0.3 is 15.3 Å². The Hall–Kier alpha value is -3.07. The molecule has 0 radical (unpaired) electrons. The minimum atomic E-state index is -0.250. The Morgan fingerprint density at radius 1 is 1.16 bits per heavy atom. The highest BCUT2D eigenvalue weighted by molar-refractivity contribution is 5.96. The number of nitrogens with zero attached hydrogens (tertiary/aromatic N) is 5. The fraction of sp³-hybridized carbons (Fsp3) is 0.500. The van der Waals surface area contributed by atoms with E-state index in [1.54, 1.807) is 0 Å². The molecule has 9 heteroatoms. The van der Waals surface area contributed by atoms with Crippen LogP contribution in [0.3, 0.4) is 0 Å². The van der Waals surface area contributed by atoms with Gasteiger partial charge in [0, 0.05) is 56.9 Å². The molecule has 3 aliphatic rings. The molecular weight excluding hydrogens is 396 g/mol. The number of carbonyl (C=O) groups excluding carboxylic acids is 1. The summed E-state index contributed by atoms with van der Waals surface area (Å²) in [5.41, 5.74) is 2.75. The Morgan fingerprint density at radius 3 is 2.74 bits per heavy atom. The molecule has 0 aromatic carbocycles. The number of carboxylic acid groups (broad SMARTS) is 1. The van der Waals surface area contributed by atoms with Crippen LogP contribution in [0.25, 0.3) is 0 Å². The molecule has 1 amide bonds. The fourth-order valence-corrected chi connectivity index (χ4v) is 4.14. The van der Waals surface area contributed by atoms with Crippen molar-refractivity contribution in [3.63, 3.8) is 0 Å². The summed E-state index contributed by atoms with van der Waals surface area (Å²) in [7, 11) is 0. The van der Waals surface area contributed by atoms with Crippen LogP contribution in [0.1, 0.15) is 52.8 Å². The van der Waals surface area contributed by atoms with Crippen molar-refractivity contribution in [2.75, 3.05) is 37.6 Å². The first kappa shape index (κ1) is 21.2. The van der Waals surface area contributed by atoms with Gasteiger partial charge in [-0.25, -0.2) is 9.97 Å². The first-order valence-corrected chi connectivity index (χ1v) is 10.8. The molecule has 5 rings (SSSR count). The minimum absolute atomic E-state index is 0.0431. The Labute approximate surface area is 181 Å². The molecule has 9 nitrogen and oxygen atoms in total. The van der Waals surface area contributed by atoms with Crippen LogP contribution >= 0.6 is 0 Å². The third-order valence-corrected chi connectivity index (χ3v) is 5.82. The lowest BCUT2D eigenvalue weighted by molar-refractivity contribution is -0.122. The molecule has 2 aromatic rings. The minimum Gasteiger partial charge on any atom is -0.483 e.